The Labute approximate surface area is 171 Å². The molecule has 7 nitrogen and oxygen atoms in total. The van der Waals surface area contributed by atoms with Gasteiger partial charge >= 0.3 is 11.9 Å². The topological polar surface area (TPSA) is 94.6 Å². The molecule has 2 heterocycles. The Kier molecular flexibility index (Phi) is 6.79. The van der Waals surface area contributed by atoms with Crippen LogP contribution in [-0.2, 0) is 9.47 Å². The van der Waals surface area contributed by atoms with E-state index >= 15 is 0 Å². The SMILES string of the molecule is CCOC(=O)c1c(NC(=O)c2cscn2)sc(C(=O)OC2CCCCC2)c1C. The van der Waals surface area contributed by atoms with Gasteiger partial charge in [-0.3, -0.25) is 4.79 Å². The van der Waals surface area contributed by atoms with E-state index in [0.29, 0.717) is 10.4 Å². The number of carbonyl (C=O) groups excluding carboxylic acids is 3. The van der Waals surface area contributed by atoms with Gasteiger partial charge in [0.15, 0.2) is 0 Å². The van der Waals surface area contributed by atoms with Crippen molar-refractivity contribution < 1.29 is 23.9 Å². The number of aromatic nitrogens is 1. The monoisotopic (exact) mass is 422 g/mol. The average Bonchev–Trinajstić information content (AvgIpc) is 3.31. The third-order valence-electron chi connectivity index (χ3n) is 4.53. The first-order chi connectivity index (χ1) is 13.5. The molecule has 0 saturated heterocycles. The van der Waals surface area contributed by atoms with E-state index in [1.165, 1.54) is 11.3 Å². The molecule has 0 aromatic carbocycles. The van der Waals surface area contributed by atoms with Gasteiger partial charge < -0.3 is 14.8 Å². The highest BCUT2D eigenvalue weighted by Gasteiger charge is 2.29. The maximum absolute atomic E-state index is 12.7. The predicted octanol–water partition coefficient (Wildman–Crippen LogP) is 4.43. The van der Waals surface area contributed by atoms with E-state index in [4.69, 9.17) is 9.47 Å². The number of nitrogens with zero attached hydrogens (tertiary/aromatic N) is 1. The molecule has 3 rings (SSSR count). The fourth-order valence-corrected chi connectivity index (χ4v) is 4.73. The Morgan fingerprint density at radius 1 is 1.21 bits per heavy atom. The second-order valence-corrected chi connectivity index (χ2v) is 8.21. The number of amides is 1. The molecule has 1 fully saturated rings. The van der Waals surface area contributed by atoms with Crippen molar-refractivity contribution in [1.82, 2.24) is 4.98 Å². The van der Waals surface area contributed by atoms with Gasteiger partial charge in [-0.05, 0) is 45.1 Å². The summed E-state index contributed by atoms with van der Waals surface area (Å²) in [6.45, 7) is 3.56. The predicted molar refractivity (Wildman–Crippen MR) is 107 cm³/mol. The largest absolute Gasteiger partial charge is 0.462 e. The second-order valence-electron chi connectivity index (χ2n) is 6.47. The van der Waals surface area contributed by atoms with E-state index in [1.807, 2.05) is 0 Å². The zero-order chi connectivity index (χ0) is 20.1. The van der Waals surface area contributed by atoms with Crippen LogP contribution in [0.3, 0.4) is 0 Å². The van der Waals surface area contributed by atoms with Crippen LogP contribution >= 0.6 is 22.7 Å². The molecule has 0 aliphatic heterocycles. The van der Waals surface area contributed by atoms with E-state index in [1.54, 1.807) is 24.7 Å². The number of esters is 2. The molecule has 1 amide bonds. The molecular formula is C19H22N2O5S2. The summed E-state index contributed by atoms with van der Waals surface area (Å²) >= 11 is 2.33. The summed E-state index contributed by atoms with van der Waals surface area (Å²) in [5, 5.41) is 4.56. The third kappa shape index (κ3) is 4.59. The second kappa shape index (κ2) is 9.29. The average molecular weight is 423 g/mol. The first-order valence-electron chi connectivity index (χ1n) is 9.22. The van der Waals surface area contributed by atoms with Crippen molar-refractivity contribution in [2.24, 2.45) is 0 Å². The van der Waals surface area contributed by atoms with Crippen molar-refractivity contribution in [2.75, 3.05) is 11.9 Å². The standard InChI is InChI=1S/C19H22N2O5S2/c1-3-25-18(23)14-11(2)15(19(24)26-12-7-5-4-6-8-12)28-17(14)21-16(22)13-9-27-10-20-13/h9-10,12H,3-8H2,1-2H3,(H,21,22). The lowest BCUT2D eigenvalue weighted by Crippen LogP contribution is -2.21. The lowest BCUT2D eigenvalue weighted by Gasteiger charge is -2.21. The van der Waals surface area contributed by atoms with Crippen LogP contribution in [0.15, 0.2) is 10.9 Å². The number of ether oxygens (including phenoxy) is 2. The van der Waals surface area contributed by atoms with Gasteiger partial charge in [-0.1, -0.05) is 6.42 Å². The van der Waals surface area contributed by atoms with Crippen LogP contribution in [0.5, 0.6) is 0 Å². The maximum atomic E-state index is 12.7. The quantitative estimate of drug-likeness (QED) is 0.692. The summed E-state index contributed by atoms with van der Waals surface area (Å²) in [4.78, 5) is 41.8. The van der Waals surface area contributed by atoms with Crippen molar-refractivity contribution in [2.45, 2.75) is 52.1 Å². The Hall–Kier alpha value is -2.26. The molecule has 1 saturated carbocycles. The Morgan fingerprint density at radius 3 is 2.61 bits per heavy atom. The molecule has 2 aromatic rings. The Morgan fingerprint density at radius 2 is 1.96 bits per heavy atom. The van der Waals surface area contributed by atoms with E-state index in [9.17, 15) is 14.4 Å². The summed E-state index contributed by atoms with van der Waals surface area (Å²) in [5.74, 6) is -1.49. The fourth-order valence-electron chi connectivity index (χ4n) is 3.12. The lowest BCUT2D eigenvalue weighted by molar-refractivity contribution is 0.0216. The molecule has 2 aromatic heterocycles. The van der Waals surface area contributed by atoms with Crippen molar-refractivity contribution >= 4 is 45.5 Å². The lowest BCUT2D eigenvalue weighted by atomic mass is 9.98. The summed E-state index contributed by atoms with van der Waals surface area (Å²) in [6.07, 6.45) is 4.87. The van der Waals surface area contributed by atoms with Gasteiger partial charge in [0.1, 0.15) is 21.7 Å². The van der Waals surface area contributed by atoms with Crippen LogP contribution in [0.1, 0.15) is 75.1 Å². The molecule has 0 spiro atoms. The smallest absolute Gasteiger partial charge is 0.348 e. The molecule has 9 heteroatoms. The highest BCUT2D eigenvalue weighted by Crippen LogP contribution is 2.35. The highest BCUT2D eigenvalue weighted by molar-refractivity contribution is 7.18. The van der Waals surface area contributed by atoms with Crippen LogP contribution in [-0.4, -0.2) is 35.5 Å². The van der Waals surface area contributed by atoms with Crippen molar-refractivity contribution in [3.63, 3.8) is 0 Å². The van der Waals surface area contributed by atoms with Crippen molar-refractivity contribution in [3.05, 3.63) is 32.6 Å². The first kappa shape index (κ1) is 20.5. The van der Waals surface area contributed by atoms with Crippen LogP contribution in [0.4, 0.5) is 5.00 Å². The summed E-state index contributed by atoms with van der Waals surface area (Å²) in [7, 11) is 0. The summed E-state index contributed by atoms with van der Waals surface area (Å²) < 4.78 is 10.8. The number of hydrogen-bond acceptors (Lipinski definition) is 8. The van der Waals surface area contributed by atoms with Crippen molar-refractivity contribution in [3.8, 4) is 0 Å². The number of thiazole rings is 1. The van der Waals surface area contributed by atoms with Crippen LogP contribution < -0.4 is 5.32 Å². The summed E-state index contributed by atoms with van der Waals surface area (Å²) in [6, 6.07) is 0. The maximum Gasteiger partial charge on any atom is 0.348 e. The van der Waals surface area contributed by atoms with Gasteiger partial charge in [-0.15, -0.1) is 22.7 Å². The molecule has 0 atom stereocenters. The van der Waals surface area contributed by atoms with Crippen molar-refractivity contribution in [1.29, 1.82) is 0 Å². The molecule has 0 bridgehead atoms. The minimum Gasteiger partial charge on any atom is -0.462 e. The van der Waals surface area contributed by atoms with Crippen LogP contribution in [0.2, 0.25) is 0 Å². The van der Waals surface area contributed by atoms with E-state index in [-0.39, 0.29) is 29.0 Å². The zero-order valence-electron chi connectivity index (χ0n) is 15.8. The normalized spacial score (nSPS) is 14.5. The van der Waals surface area contributed by atoms with Gasteiger partial charge in [0.25, 0.3) is 5.91 Å². The molecule has 1 N–H and O–H groups in total. The number of rotatable bonds is 6. The van der Waals surface area contributed by atoms with Crippen LogP contribution in [0.25, 0.3) is 0 Å². The minimum absolute atomic E-state index is 0.0955. The van der Waals surface area contributed by atoms with E-state index < -0.39 is 17.8 Å². The van der Waals surface area contributed by atoms with Gasteiger partial charge in [0.05, 0.1) is 17.7 Å². The molecular weight excluding hydrogens is 400 g/mol. The third-order valence-corrected chi connectivity index (χ3v) is 6.30. The molecule has 1 aliphatic carbocycles. The molecule has 0 radical (unpaired) electrons. The molecule has 28 heavy (non-hydrogen) atoms. The summed E-state index contributed by atoms with van der Waals surface area (Å²) in [5.41, 5.74) is 2.44. The Bertz CT molecular complexity index is 854. The van der Waals surface area contributed by atoms with E-state index in [0.717, 1.165) is 43.4 Å². The van der Waals surface area contributed by atoms with E-state index in [2.05, 4.69) is 10.3 Å². The van der Waals surface area contributed by atoms with Gasteiger partial charge in [0.2, 0.25) is 0 Å². The number of anilines is 1. The molecule has 1 aliphatic rings. The van der Waals surface area contributed by atoms with Gasteiger partial charge in [-0.2, -0.15) is 0 Å². The molecule has 150 valence electrons. The first-order valence-corrected chi connectivity index (χ1v) is 11.0. The number of carbonyl (C=O) groups is 3. The number of nitrogens with one attached hydrogen (secondary N) is 1. The number of thiophene rings is 1. The van der Waals surface area contributed by atoms with Crippen LogP contribution in [0, 0.1) is 6.92 Å². The number of hydrogen-bond donors (Lipinski definition) is 1. The molecule has 0 unspecified atom stereocenters. The Balaban J connectivity index is 1.86. The van der Waals surface area contributed by atoms with Gasteiger partial charge in [0, 0.05) is 5.38 Å². The zero-order valence-corrected chi connectivity index (χ0v) is 17.4. The van der Waals surface area contributed by atoms with Gasteiger partial charge in [-0.25, -0.2) is 14.6 Å². The fraction of sp³-hybridized carbons (Fsp3) is 0.474. The highest BCUT2D eigenvalue weighted by atomic mass is 32.1. The minimum atomic E-state index is -0.582.